The first-order valence-corrected chi connectivity index (χ1v) is 6.88. The minimum absolute atomic E-state index is 0.634. The lowest BCUT2D eigenvalue weighted by Gasteiger charge is -2.25. The number of methoxy groups -OCH3 is 1. The standard InChI is InChI=1S/C14H21ClN2O/c1-18-9-8-17(12-4-5-12)13-3-2-11(6-7-16)14(15)10-13/h2-3,10,12H,4-9,16H2,1H3. The molecule has 4 heteroatoms. The van der Waals surface area contributed by atoms with Crippen LogP contribution in [0.3, 0.4) is 0 Å². The van der Waals surface area contributed by atoms with Crippen LogP contribution in [0.15, 0.2) is 18.2 Å². The second-order valence-electron chi connectivity index (χ2n) is 4.73. The topological polar surface area (TPSA) is 38.5 Å². The molecule has 1 aromatic carbocycles. The van der Waals surface area contributed by atoms with E-state index >= 15 is 0 Å². The number of ether oxygens (including phenoxy) is 1. The molecule has 100 valence electrons. The summed E-state index contributed by atoms with van der Waals surface area (Å²) in [6.45, 7) is 2.31. The monoisotopic (exact) mass is 268 g/mol. The second kappa shape index (κ2) is 6.41. The summed E-state index contributed by atoms with van der Waals surface area (Å²) < 4.78 is 5.17. The molecule has 1 aliphatic rings. The number of anilines is 1. The third-order valence-electron chi connectivity index (χ3n) is 3.31. The fourth-order valence-electron chi connectivity index (χ4n) is 2.17. The highest BCUT2D eigenvalue weighted by Gasteiger charge is 2.29. The molecule has 18 heavy (non-hydrogen) atoms. The minimum Gasteiger partial charge on any atom is -0.383 e. The van der Waals surface area contributed by atoms with Crippen LogP contribution in [0.5, 0.6) is 0 Å². The molecular weight excluding hydrogens is 248 g/mol. The van der Waals surface area contributed by atoms with E-state index in [2.05, 4.69) is 23.1 Å². The fraction of sp³-hybridized carbons (Fsp3) is 0.571. The van der Waals surface area contributed by atoms with Crippen LogP contribution < -0.4 is 10.6 Å². The number of hydrogen-bond acceptors (Lipinski definition) is 3. The van der Waals surface area contributed by atoms with E-state index < -0.39 is 0 Å². The van der Waals surface area contributed by atoms with Gasteiger partial charge in [-0.15, -0.1) is 0 Å². The third kappa shape index (κ3) is 3.37. The van der Waals surface area contributed by atoms with E-state index in [0.717, 1.165) is 30.2 Å². The molecule has 0 aliphatic heterocycles. The lowest BCUT2D eigenvalue weighted by molar-refractivity contribution is 0.205. The molecule has 1 saturated carbocycles. The first-order chi connectivity index (χ1) is 8.76. The highest BCUT2D eigenvalue weighted by Crippen LogP contribution is 2.33. The molecule has 1 aromatic rings. The molecule has 3 nitrogen and oxygen atoms in total. The summed E-state index contributed by atoms with van der Waals surface area (Å²) in [5.74, 6) is 0. The van der Waals surface area contributed by atoms with Crippen LogP contribution in [-0.4, -0.2) is 32.8 Å². The van der Waals surface area contributed by atoms with Gasteiger partial charge in [-0.3, -0.25) is 0 Å². The summed E-state index contributed by atoms with van der Waals surface area (Å²) in [4.78, 5) is 2.39. The van der Waals surface area contributed by atoms with Crippen molar-refractivity contribution in [1.82, 2.24) is 0 Å². The third-order valence-corrected chi connectivity index (χ3v) is 3.66. The van der Waals surface area contributed by atoms with Crippen LogP contribution in [0, 0.1) is 0 Å². The van der Waals surface area contributed by atoms with Gasteiger partial charge in [-0.2, -0.15) is 0 Å². The predicted octanol–water partition coefficient (Wildman–Crippen LogP) is 2.46. The van der Waals surface area contributed by atoms with E-state index in [-0.39, 0.29) is 0 Å². The Kier molecular flexibility index (Phi) is 4.87. The van der Waals surface area contributed by atoms with Crippen LogP contribution in [0.2, 0.25) is 5.02 Å². The number of nitrogens with zero attached hydrogens (tertiary/aromatic N) is 1. The first kappa shape index (κ1) is 13.7. The maximum Gasteiger partial charge on any atom is 0.0637 e. The Bertz CT molecular complexity index is 393. The van der Waals surface area contributed by atoms with E-state index in [0.29, 0.717) is 12.6 Å². The maximum atomic E-state index is 6.30. The molecular formula is C14H21ClN2O. The number of nitrogens with two attached hydrogens (primary N) is 1. The summed E-state index contributed by atoms with van der Waals surface area (Å²) in [6.07, 6.45) is 3.37. The van der Waals surface area contributed by atoms with Crippen molar-refractivity contribution in [2.75, 3.05) is 31.7 Å². The van der Waals surface area contributed by atoms with Gasteiger partial charge < -0.3 is 15.4 Å². The highest BCUT2D eigenvalue weighted by molar-refractivity contribution is 6.31. The second-order valence-corrected chi connectivity index (χ2v) is 5.14. The number of hydrogen-bond donors (Lipinski definition) is 1. The van der Waals surface area contributed by atoms with E-state index in [9.17, 15) is 0 Å². The van der Waals surface area contributed by atoms with E-state index in [4.69, 9.17) is 22.1 Å². The molecule has 0 heterocycles. The Labute approximate surface area is 114 Å². The van der Waals surface area contributed by atoms with Crippen molar-refractivity contribution in [2.45, 2.75) is 25.3 Å². The minimum atomic E-state index is 0.634. The zero-order chi connectivity index (χ0) is 13.0. The van der Waals surface area contributed by atoms with Gasteiger partial charge in [0.15, 0.2) is 0 Å². The fourth-order valence-corrected chi connectivity index (χ4v) is 2.44. The van der Waals surface area contributed by atoms with E-state index in [1.807, 2.05) is 0 Å². The van der Waals surface area contributed by atoms with Crippen LogP contribution in [0.1, 0.15) is 18.4 Å². The Morgan fingerprint density at radius 1 is 1.44 bits per heavy atom. The van der Waals surface area contributed by atoms with Gasteiger partial charge in [0, 0.05) is 30.4 Å². The lowest BCUT2D eigenvalue weighted by atomic mass is 10.1. The molecule has 1 fully saturated rings. The van der Waals surface area contributed by atoms with Gasteiger partial charge in [0.25, 0.3) is 0 Å². The predicted molar refractivity (Wildman–Crippen MR) is 76.5 cm³/mol. The Morgan fingerprint density at radius 2 is 2.22 bits per heavy atom. The molecule has 1 aliphatic carbocycles. The van der Waals surface area contributed by atoms with Crippen LogP contribution >= 0.6 is 11.6 Å². The first-order valence-electron chi connectivity index (χ1n) is 6.50. The quantitative estimate of drug-likeness (QED) is 0.826. The molecule has 0 amide bonds. The van der Waals surface area contributed by atoms with E-state index in [1.54, 1.807) is 7.11 Å². The van der Waals surface area contributed by atoms with Crippen LogP contribution in [-0.2, 0) is 11.2 Å². The van der Waals surface area contributed by atoms with Crippen molar-refractivity contribution in [2.24, 2.45) is 5.73 Å². The van der Waals surface area contributed by atoms with Crippen molar-refractivity contribution in [1.29, 1.82) is 0 Å². The van der Waals surface area contributed by atoms with Crippen LogP contribution in [0.4, 0.5) is 5.69 Å². The summed E-state index contributed by atoms with van der Waals surface area (Å²) in [7, 11) is 1.74. The lowest BCUT2D eigenvalue weighted by Crippen LogP contribution is -2.29. The largest absolute Gasteiger partial charge is 0.383 e. The molecule has 2 rings (SSSR count). The average Bonchev–Trinajstić information content (AvgIpc) is 3.17. The van der Waals surface area contributed by atoms with Gasteiger partial charge in [0.2, 0.25) is 0 Å². The Morgan fingerprint density at radius 3 is 2.78 bits per heavy atom. The van der Waals surface area contributed by atoms with Gasteiger partial charge >= 0.3 is 0 Å². The van der Waals surface area contributed by atoms with Crippen molar-refractivity contribution in [3.05, 3.63) is 28.8 Å². The zero-order valence-electron chi connectivity index (χ0n) is 10.9. The highest BCUT2D eigenvalue weighted by atomic mass is 35.5. The molecule has 0 atom stereocenters. The molecule has 2 N–H and O–H groups in total. The molecule has 0 spiro atoms. The summed E-state index contributed by atoms with van der Waals surface area (Å²) in [5.41, 5.74) is 7.89. The molecule has 0 aromatic heterocycles. The summed E-state index contributed by atoms with van der Waals surface area (Å²) in [6, 6.07) is 6.95. The maximum absolute atomic E-state index is 6.30. The van der Waals surface area contributed by atoms with E-state index in [1.165, 1.54) is 18.5 Å². The molecule has 0 bridgehead atoms. The van der Waals surface area contributed by atoms with Gasteiger partial charge in [-0.25, -0.2) is 0 Å². The normalized spacial score (nSPS) is 14.8. The van der Waals surface area contributed by atoms with Gasteiger partial charge in [0.1, 0.15) is 0 Å². The average molecular weight is 269 g/mol. The SMILES string of the molecule is COCCN(c1ccc(CCN)c(Cl)c1)C1CC1. The van der Waals surface area contributed by atoms with Gasteiger partial charge in [-0.1, -0.05) is 17.7 Å². The zero-order valence-corrected chi connectivity index (χ0v) is 11.6. The van der Waals surface area contributed by atoms with Crippen LogP contribution in [0.25, 0.3) is 0 Å². The van der Waals surface area contributed by atoms with Crippen molar-refractivity contribution < 1.29 is 4.74 Å². The molecule has 0 saturated heterocycles. The van der Waals surface area contributed by atoms with Crippen molar-refractivity contribution in [3.63, 3.8) is 0 Å². The number of rotatable bonds is 7. The van der Waals surface area contributed by atoms with Crippen molar-refractivity contribution in [3.8, 4) is 0 Å². The summed E-state index contributed by atoms with van der Waals surface area (Å²) >= 11 is 6.30. The van der Waals surface area contributed by atoms with Crippen molar-refractivity contribution >= 4 is 17.3 Å². The Hall–Kier alpha value is -0.770. The van der Waals surface area contributed by atoms with Gasteiger partial charge in [0.05, 0.1) is 6.61 Å². The molecule has 0 radical (unpaired) electrons. The number of halogens is 1. The Balaban J connectivity index is 2.12. The summed E-state index contributed by atoms with van der Waals surface area (Å²) in [5, 5.41) is 0.820. The molecule has 0 unspecified atom stereocenters. The smallest absolute Gasteiger partial charge is 0.0637 e. The number of benzene rings is 1. The van der Waals surface area contributed by atoms with Gasteiger partial charge in [-0.05, 0) is 43.5 Å².